The van der Waals surface area contributed by atoms with E-state index >= 15 is 0 Å². The number of methoxy groups -OCH3 is 1. The summed E-state index contributed by atoms with van der Waals surface area (Å²) >= 11 is 0. The van der Waals surface area contributed by atoms with E-state index in [1.54, 1.807) is 0 Å². The molecule has 130 valence electrons. The highest BCUT2D eigenvalue weighted by atomic mass is 16.6. The van der Waals surface area contributed by atoms with Crippen molar-refractivity contribution in [2.24, 2.45) is 0 Å². The van der Waals surface area contributed by atoms with Crippen LogP contribution in [-0.4, -0.2) is 30.0 Å². The summed E-state index contributed by atoms with van der Waals surface area (Å²) in [4.78, 5) is 33.9. The summed E-state index contributed by atoms with van der Waals surface area (Å²) in [5, 5.41) is 13.6. The van der Waals surface area contributed by atoms with E-state index in [4.69, 9.17) is 9.47 Å². The average molecular weight is 336 g/mol. The van der Waals surface area contributed by atoms with Gasteiger partial charge in [-0.2, -0.15) is 0 Å². The summed E-state index contributed by atoms with van der Waals surface area (Å²) in [7, 11) is 1.21. The zero-order valence-electron chi connectivity index (χ0n) is 13.7. The van der Waals surface area contributed by atoms with Crippen LogP contribution < -0.4 is 10.1 Å². The number of nitro groups is 1. The van der Waals surface area contributed by atoms with E-state index in [-0.39, 0.29) is 28.8 Å². The smallest absolute Gasteiger partial charge is 0.341 e. The molecule has 1 saturated carbocycles. The highest BCUT2D eigenvalue weighted by Crippen LogP contribution is 2.35. The van der Waals surface area contributed by atoms with Gasteiger partial charge in [-0.1, -0.05) is 6.42 Å². The van der Waals surface area contributed by atoms with Crippen molar-refractivity contribution >= 4 is 23.3 Å². The predicted molar refractivity (Wildman–Crippen MR) is 86.2 cm³/mol. The quantitative estimate of drug-likeness (QED) is 0.503. The Morgan fingerprint density at radius 3 is 2.46 bits per heavy atom. The lowest BCUT2D eigenvalue weighted by Crippen LogP contribution is -2.21. The van der Waals surface area contributed by atoms with E-state index in [0.717, 1.165) is 32.1 Å². The van der Waals surface area contributed by atoms with Crippen molar-refractivity contribution in [2.75, 3.05) is 12.4 Å². The molecule has 1 N–H and O–H groups in total. The second-order valence-corrected chi connectivity index (χ2v) is 5.67. The number of esters is 1. The maximum absolute atomic E-state index is 12.0. The van der Waals surface area contributed by atoms with E-state index in [0.29, 0.717) is 0 Å². The third-order valence-corrected chi connectivity index (χ3v) is 3.86. The fourth-order valence-electron chi connectivity index (χ4n) is 2.74. The molecule has 0 heterocycles. The molecule has 0 radical (unpaired) electrons. The van der Waals surface area contributed by atoms with Gasteiger partial charge in [-0.25, -0.2) is 4.79 Å². The monoisotopic (exact) mass is 336 g/mol. The van der Waals surface area contributed by atoms with Crippen LogP contribution in [0.4, 0.5) is 11.4 Å². The van der Waals surface area contributed by atoms with Crippen LogP contribution in [0.15, 0.2) is 12.1 Å². The van der Waals surface area contributed by atoms with Gasteiger partial charge in [0.2, 0.25) is 5.91 Å². The van der Waals surface area contributed by atoms with Crippen LogP contribution in [0.1, 0.15) is 49.4 Å². The van der Waals surface area contributed by atoms with Gasteiger partial charge in [-0.05, 0) is 31.7 Å². The van der Waals surface area contributed by atoms with Gasteiger partial charge in [0.25, 0.3) is 5.69 Å². The predicted octanol–water partition coefficient (Wildman–Crippen LogP) is 3.05. The van der Waals surface area contributed by atoms with E-state index in [9.17, 15) is 19.7 Å². The minimum absolute atomic E-state index is 0.0532. The summed E-state index contributed by atoms with van der Waals surface area (Å²) < 4.78 is 10.6. The van der Waals surface area contributed by atoms with Crippen LogP contribution in [-0.2, 0) is 9.53 Å². The molecule has 8 heteroatoms. The third kappa shape index (κ3) is 4.21. The van der Waals surface area contributed by atoms with Gasteiger partial charge in [0.15, 0.2) is 0 Å². The molecule has 2 rings (SSSR count). The fourth-order valence-corrected chi connectivity index (χ4v) is 2.74. The largest absolute Gasteiger partial charge is 0.489 e. The van der Waals surface area contributed by atoms with Crippen LogP contribution in [0, 0.1) is 10.1 Å². The Labute approximate surface area is 139 Å². The Morgan fingerprint density at radius 2 is 1.92 bits per heavy atom. The average Bonchev–Trinajstić information content (AvgIpc) is 2.55. The molecule has 0 spiro atoms. The first-order chi connectivity index (χ1) is 11.4. The van der Waals surface area contributed by atoms with Gasteiger partial charge >= 0.3 is 5.97 Å². The van der Waals surface area contributed by atoms with Crippen LogP contribution in [0.2, 0.25) is 0 Å². The van der Waals surface area contributed by atoms with Crippen molar-refractivity contribution in [3.05, 3.63) is 27.8 Å². The number of hydrogen-bond donors (Lipinski definition) is 1. The highest BCUT2D eigenvalue weighted by molar-refractivity contribution is 5.98. The number of rotatable bonds is 5. The van der Waals surface area contributed by atoms with E-state index in [2.05, 4.69) is 5.32 Å². The molecule has 8 nitrogen and oxygen atoms in total. The number of hydrogen-bond acceptors (Lipinski definition) is 6. The summed E-state index contributed by atoms with van der Waals surface area (Å²) in [5.41, 5.74) is -0.343. The molecule has 1 amide bonds. The Kier molecular flexibility index (Phi) is 5.73. The lowest BCUT2D eigenvalue weighted by atomic mass is 9.97. The van der Waals surface area contributed by atoms with Crippen LogP contribution in [0.25, 0.3) is 0 Å². The second kappa shape index (κ2) is 7.76. The zero-order chi connectivity index (χ0) is 17.7. The molecule has 1 aliphatic rings. The van der Waals surface area contributed by atoms with Gasteiger partial charge in [0.05, 0.1) is 24.2 Å². The van der Waals surface area contributed by atoms with Crippen LogP contribution >= 0.6 is 0 Å². The maximum atomic E-state index is 12.0. The normalized spacial score (nSPS) is 14.8. The van der Waals surface area contributed by atoms with Crippen molar-refractivity contribution in [3.8, 4) is 5.75 Å². The summed E-state index contributed by atoms with van der Waals surface area (Å²) in [6, 6.07) is 2.40. The van der Waals surface area contributed by atoms with Crippen molar-refractivity contribution in [1.29, 1.82) is 0 Å². The molecule has 1 aromatic carbocycles. The topological polar surface area (TPSA) is 108 Å². The number of nitro benzene ring substituents is 1. The Morgan fingerprint density at radius 1 is 1.25 bits per heavy atom. The number of benzene rings is 1. The van der Waals surface area contributed by atoms with Gasteiger partial charge in [-0.15, -0.1) is 0 Å². The molecular formula is C16H20N2O6. The lowest BCUT2D eigenvalue weighted by molar-refractivity contribution is -0.384. The van der Waals surface area contributed by atoms with E-state index in [1.807, 2.05) is 0 Å². The van der Waals surface area contributed by atoms with Crippen molar-refractivity contribution < 1.29 is 24.0 Å². The first-order valence-corrected chi connectivity index (χ1v) is 7.77. The Balaban J connectivity index is 2.45. The molecule has 0 aliphatic heterocycles. The minimum Gasteiger partial charge on any atom is -0.489 e. The molecule has 1 aliphatic carbocycles. The molecule has 1 aromatic rings. The lowest BCUT2D eigenvalue weighted by Gasteiger charge is -2.24. The standard InChI is InChI=1S/C16H20N2O6/c1-10(19)17-13-8-12(16(20)23-2)15(9-14(13)18(21)22)24-11-6-4-3-5-7-11/h8-9,11H,3-7H2,1-2H3,(H,17,19). The molecule has 0 unspecified atom stereocenters. The number of amides is 1. The van der Waals surface area contributed by atoms with Crippen LogP contribution in [0.3, 0.4) is 0 Å². The fraction of sp³-hybridized carbons (Fsp3) is 0.500. The molecule has 24 heavy (non-hydrogen) atoms. The van der Waals surface area contributed by atoms with Gasteiger partial charge < -0.3 is 14.8 Å². The number of nitrogens with zero attached hydrogens (tertiary/aromatic N) is 1. The number of anilines is 1. The Hall–Kier alpha value is -2.64. The molecule has 0 saturated heterocycles. The van der Waals surface area contributed by atoms with Crippen LogP contribution in [0.5, 0.6) is 5.75 Å². The SMILES string of the molecule is COC(=O)c1cc(NC(C)=O)c([N+](=O)[O-])cc1OC1CCCCC1. The number of carbonyl (C=O) groups excluding carboxylic acids is 2. The third-order valence-electron chi connectivity index (χ3n) is 3.86. The minimum atomic E-state index is -0.678. The number of carbonyl (C=O) groups is 2. The van der Waals surface area contributed by atoms with Crippen molar-refractivity contribution in [1.82, 2.24) is 0 Å². The maximum Gasteiger partial charge on any atom is 0.341 e. The van der Waals surface area contributed by atoms with Crippen molar-refractivity contribution in [3.63, 3.8) is 0 Å². The summed E-state index contributed by atoms with van der Waals surface area (Å²) in [6.45, 7) is 1.23. The number of ether oxygens (including phenoxy) is 2. The second-order valence-electron chi connectivity index (χ2n) is 5.67. The van der Waals surface area contributed by atoms with Gasteiger partial charge in [-0.3, -0.25) is 14.9 Å². The molecule has 0 aromatic heterocycles. The molecular weight excluding hydrogens is 316 g/mol. The molecule has 0 atom stereocenters. The summed E-state index contributed by atoms with van der Waals surface area (Å²) in [6.07, 6.45) is 4.75. The molecule has 1 fully saturated rings. The molecule has 0 bridgehead atoms. The van der Waals surface area contributed by atoms with Gasteiger partial charge in [0, 0.05) is 6.92 Å². The van der Waals surface area contributed by atoms with Crippen molar-refractivity contribution in [2.45, 2.75) is 45.1 Å². The Bertz CT molecular complexity index is 652. The van der Waals surface area contributed by atoms with E-state index in [1.165, 1.54) is 26.2 Å². The van der Waals surface area contributed by atoms with Gasteiger partial charge in [0.1, 0.15) is 17.0 Å². The summed E-state index contributed by atoms with van der Waals surface area (Å²) in [5.74, 6) is -1.05. The highest BCUT2D eigenvalue weighted by Gasteiger charge is 2.26. The van der Waals surface area contributed by atoms with E-state index < -0.39 is 16.8 Å². The zero-order valence-corrected chi connectivity index (χ0v) is 13.7. The first kappa shape index (κ1) is 17.7. The first-order valence-electron chi connectivity index (χ1n) is 7.77. The number of nitrogens with one attached hydrogen (secondary N) is 1.